The summed E-state index contributed by atoms with van der Waals surface area (Å²) in [6.07, 6.45) is 6.65. The van der Waals surface area contributed by atoms with E-state index in [-0.39, 0.29) is 6.42 Å². The molecule has 19 heavy (non-hydrogen) atoms. The molecule has 0 radical (unpaired) electrons. The Labute approximate surface area is 118 Å². The molecule has 1 N–H and O–H groups in total. The molecular formula is C16H31NO2. The highest BCUT2D eigenvalue weighted by molar-refractivity contribution is 5.66. The van der Waals surface area contributed by atoms with Crippen molar-refractivity contribution in [3.05, 3.63) is 0 Å². The topological polar surface area (TPSA) is 40.5 Å². The number of carboxylic acids is 1. The van der Waals surface area contributed by atoms with Crippen LogP contribution in [0.25, 0.3) is 0 Å². The van der Waals surface area contributed by atoms with E-state index in [1.165, 1.54) is 32.1 Å². The number of aliphatic carboxylic acids is 1. The molecule has 1 fully saturated rings. The SMILES string of the molecule is CCN(CCC(=O)O)C1CCCC(C(C)(C)C)CC1. The van der Waals surface area contributed by atoms with Gasteiger partial charge in [-0.1, -0.05) is 34.1 Å². The predicted octanol–water partition coefficient (Wildman–Crippen LogP) is 3.78. The molecule has 0 amide bonds. The number of hydrogen-bond donors (Lipinski definition) is 1. The lowest BCUT2D eigenvalue weighted by atomic mass is 9.76. The van der Waals surface area contributed by atoms with Crippen molar-refractivity contribution in [2.24, 2.45) is 11.3 Å². The first-order valence-electron chi connectivity index (χ1n) is 7.80. The molecular weight excluding hydrogens is 238 g/mol. The fourth-order valence-electron chi connectivity index (χ4n) is 3.35. The Kier molecular flexibility index (Phi) is 6.31. The van der Waals surface area contributed by atoms with E-state index in [4.69, 9.17) is 5.11 Å². The maximum Gasteiger partial charge on any atom is 0.304 e. The van der Waals surface area contributed by atoms with Crippen LogP contribution < -0.4 is 0 Å². The molecule has 2 unspecified atom stereocenters. The summed E-state index contributed by atoms with van der Waals surface area (Å²) >= 11 is 0. The third-order valence-corrected chi connectivity index (χ3v) is 4.70. The van der Waals surface area contributed by atoms with Crippen LogP contribution in [0.15, 0.2) is 0 Å². The molecule has 2 atom stereocenters. The van der Waals surface area contributed by atoms with Gasteiger partial charge in [0.2, 0.25) is 0 Å². The molecule has 3 heteroatoms. The number of rotatable bonds is 5. The van der Waals surface area contributed by atoms with E-state index >= 15 is 0 Å². The van der Waals surface area contributed by atoms with E-state index in [1.54, 1.807) is 0 Å². The van der Waals surface area contributed by atoms with E-state index in [2.05, 4.69) is 32.6 Å². The van der Waals surface area contributed by atoms with Gasteiger partial charge in [0.1, 0.15) is 0 Å². The van der Waals surface area contributed by atoms with Gasteiger partial charge in [-0.05, 0) is 43.6 Å². The van der Waals surface area contributed by atoms with Gasteiger partial charge >= 0.3 is 5.97 Å². The molecule has 112 valence electrons. The van der Waals surface area contributed by atoms with Gasteiger partial charge in [-0.3, -0.25) is 4.79 Å². The summed E-state index contributed by atoms with van der Waals surface area (Å²) in [6, 6.07) is 0.594. The summed E-state index contributed by atoms with van der Waals surface area (Å²) in [4.78, 5) is 13.1. The Morgan fingerprint density at radius 3 is 2.42 bits per heavy atom. The average Bonchev–Trinajstić information content (AvgIpc) is 2.55. The second kappa shape index (κ2) is 7.28. The van der Waals surface area contributed by atoms with Crippen LogP contribution >= 0.6 is 0 Å². The summed E-state index contributed by atoms with van der Waals surface area (Å²) < 4.78 is 0. The summed E-state index contributed by atoms with van der Waals surface area (Å²) in [5.74, 6) is 0.135. The van der Waals surface area contributed by atoms with Crippen molar-refractivity contribution in [1.82, 2.24) is 4.90 Å². The fraction of sp³-hybridized carbons (Fsp3) is 0.938. The zero-order chi connectivity index (χ0) is 14.5. The molecule has 0 spiro atoms. The summed E-state index contributed by atoms with van der Waals surface area (Å²) in [6.45, 7) is 10.9. The molecule has 0 heterocycles. The van der Waals surface area contributed by atoms with Crippen LogP contribution in [0, 0.1) is 11.3 Å². The standard InChI is InChI=1S/C16H31NO2/c1-5-17(12-11-15(18)19)14-8-6-7-13(9-10-14)16(2,3)4/h13-14H,5-12H2,1-4H3,(H,18,19). The summed E-state index contributed by atoms with van der Waals surface area (Å²) in [7, 11) is 0. The van der Waals surface area contributed by atoms with Crippen LogP contribution in [-0.2, 0) is 4.79 Å². The quantitative estimate of drug-likeness (QED) is 0.772. The third-order valence-electron chi connectivity index (χ3n) is 4.70. The molecule has 1 saturated carbocycles. The molecule has 0 aliphatic heterocycles. The number of hydrogen-bond acceptors (Lipinski definition) is 2. The highest BCUT2D eigenvalue weighted by Crippen LogP contribution is 2.37. The Balaban J connectivity index is 2.52. The van der Waals surface area contributed by atoms with E-state index in [9.17, 15) is 4.79 Å². The van der Waals surface area contributed by atoms with Crippen molar-refractivity contribution in [3.8, 4) is 0 Å². The number of carboxylic acid groups (broad SMARTS) is 1. The number of carbonyl (C=O) groups is 1. The van der Waals surface area contributed by atoms with Crippen LogP contribution in [0.2, 0.25) is 0 Å². The molecule has 0 aromatic carbocycles. The predicted molar refractivity (Wildman–Crippen MR) is 79.3 cm³/mol. The Hall–Kier alpha value is -0.570. The molecule has 1 rings (SSSR count). The third kappa shape index (κ3) is 5.52. The summed E-state index contributed by atoms with van der Waals surface area (Å²) in [5, 5.41) is 8.83. The van der Waals surface area contributed by atoms with Crippen LogP contribution in [-0.4, -0.2) is 35.1 Å². The van der Waals surface area contributed by atoms with Crippen LogP contribution in [0.1, 0.15) is 66.2 Å². The van der Waals surface area contributed by atoms with Crippen molar-refractivity contribution >= 4 is 5.97 Å². The maximum atomic E-state index is 10.7. The lowest BCUT2D eigenvalue weighted by Gasteiger charge is -2.31. The van der Waals surface area contributed by atoms with Gasteiger partial charge < -0.3 is 10.0 Å². The fourth-order valence-corrected chi connectivity index (χ4v) is 3.35. The zero-order valence-electron chi connectivity index (χ0n) is 13.1. The molecule has 0 saturated heterocycles. The van der Waals surface area contributed by atoms with Gasteiger partial charge in [0, 0.05) is 12.6 Å². The first-order chi connectivity index (χ1) is 8.84. The van der Waals surface area contributed by atoms with E-state index < -0.39 is 5.97 Å². The molecule has 1 aliphatic carbocycles. The highest BCUT2D eigenvalue weighted by Gasteiger charge is 2.29. The Morgan fingerprint density at radius 2 is 1.89 bits per heavy atom. The normalized spacial score (nSPS) is 25.3. The van der Waals surface area contributed by atoms with Crippen molar-refractivity contribution in [3.63, 3.8) is 0 Å². The van der Waals surface area contributed by atoms with Crippen LogP contribution in [0.4, 0.5) is 0 Å². The van der Waals surface area contributed by atoms with Crippen molar-refractivity contribution < 1.29 is 9.90 Å². The van der Waals surface area contributed by atoms with Gasteiger partial charge in [-0.25, -0.2) is 0 Å². The monoisotopic (exact) mass is 269 g/mol. The second-order valence-corrected chi connectivity index (χ2v) is 7.00. The lowest BCUT2D eigenvalue weighted by molar-refractivity contribution is -0.137. The van der Waals surface area contributed by atoms with Crippen molar-refractivity contribution in [2.75, 3.05) is 13.1 Å². The first kappa shape index (κ1) is 16.5. The molecule has 3 nitrogen and oxygen atoms in total. The minimum absolute atomic E-state index is 0.271. The molecule has 1 aliphatic rings. The first-order valence-corrected chi connectivity index (χ1v) is 7.80. The zero-order valence-corrected chi connectivity index (χ0v) is 13.1. The Bertz CT molecular complexity index is 283. The molecule has 0 bridgehead atoms. The molecule has 0 aromatic rings. The smallest absolute Gasteiger partial charge is 0.304 e. The van der Waals surface area contributed by atoms with E-state index in [0.29, 0.717) is 18.0 Å². The van der Waals surface area contributed by atoms with Gasteiger partial charge in [0.05, 0.1) is 6.42 Å². The highest BCUT2D eigenvalue weighted by atomic mass is 16.4. The van der Waals surface area contributed by atoms with Gasteiger partial charge in [-0.15, -0.1) is 0 Å². The van der Waals surface area contributed by atoms with Crippen molar-refractivity contribution in [2.45, 2.75) is 72.3 Å². The van der Waals surface area contributed by atoms with Crippen LogP contribution in [0.3, 0.4) is 0 Å². The van der Waals surface area contributed by atoms with E-state index in [0.717, 1.165) is 12.5 Å². The van der Waals surface area contributed by atoms with Gasteiger partial charge in [0.15, 0.2) is 0 Å². The van der Waals surface area contributed by atoms with Gasteiger partial charge in [0.25, 0.3) is 0 Å². The Morgan fingerprint density at radius 1 is 1.21 bits per heavy atom. The van der Waals surface area contributed by atoms with Crippen molar-refractivity contribution in [1.29, 1.82) is 0 Å². The maximum absolute atomic E-state index is 10.7. The second-order valence-electron chi connectivity index (χ2n) is 7.00. The minimum atomic E-state index is -0.681. The van der Waals surface area contributed by atoms with Crippen LogP contribution in [0.5, 0.6) is 0 Å². The number of nitrogens with zero attached hydrogens (tertiary/aromatic N) is 1. The largest absolute Gasteiger partial charge is 0.481 e. The summed E-state index contributed by atoms with van der Waals surface area (Å²) in [5.41, 5.74) is 0.410. The molecule has 0 aromatic heterocycles. The van der Waals surface area contributed by atoms with E-state index in [1.807, 2.05) is 0 Å². The minimum Gasteiger partial charge on any atom is -0.481 e. The lowest BCUT2D eigenvalue weighted by Crippen LogP contribution is -2.36. The average molecular weight is 269 g/mol. The van der Waals surface area contributed by atoms with Gasteiger partial charge in [-0.2, -0.15) is 0 Å².